The van der Waals surface area contributed by atoms with Crippen molar-refractivity contribution in [1.82, 2.24) is 0 Å². The van der Waals surface area contributed by atoms with Gasteiger partial charge in [-0.3, -0.25) is 18.6 Å². The van der Waals surface area contributed by atoms with E-state index in [2.05, 4.69) is 13.8 Å². The lowest BCUT2D eigenvalue weighted by Gasteiger charge is -2.24. The number of hydrogen-bond donors (Lipinski definition) is 1. The second kappa shape index (κ2) is 67.4. The molecule has 0 aliphatic heterocycles. The van der Waals surface area contributed by atoms with Gasteiger partial charge in [0.2, 0.25) is 0 Å². The van der Waals surface area contributed by atoms with Crippen LogP contribution in [0, 0.1) is 0 Å². The van der Waals surface area contributed by atoms with E-state index < -0.39 is 26.5 Å². The zero-order chi connectivity index (χ0) is 61.9. The fourth-order valence-corrected chi connectivity index (χ4v) is 12.8. The number of ether oxygens (including phenoxy) is 2. The Kier molecular flexibility index (Phi) is 66.6. The molecule has 0 bridgehead atoms. The van der Waals surface area contributed by atoms with Gasteiger partial charge in [0.1, 0.15) is 19.8 Å². The molecule has 0 radical (unpaired) electrons. The van der Waals surface area contributed by atoms with E-state index in [9.17, 15) is 19.0 Å². The molecule has 0 spiro atoms. The molecular weight excluding hydrogens is 1070 g/mol. The summed E-state index contributed by atoms with van der Waals surface area (Å²) >= 11 is 0. The molecule has 10 heteroatoms. The minimum Gasteiger partial charge on any atom is -0.462 e. The second-order valence-corrected chi connectivity index (χ2v) is 29.2. The Morgan fingerprint density at radius 2 is 0.529 bits per heavy atom. The lowest BCUT2D eigenvalue weighted by Crippen LogP contribution is -2.37. The third-order valence-electron chi connectivity index (χ3n) is 17.9. The summed E-state index contributed by atoms with van der Waals surface area (Å²) in [5.74, 6) is -0.767. The van der Waals surface area contributed by atoms with Crippen molar-refractivity contribution in [3.8, 4) is 0 Å². The number of quaternary nitrogens is 1. The maximum atomic E-state index is 12.9. The van der Waals surface area contributed by atoms with Gasteiger partial charge in [-0.15, -0.1) is 0 Å². The monoisotopic (exact) mass is 1230 g/mol. The van der Waals surface area contributed by atoms with Crippen LogP contribution in [0.3, 0.4) is 0 Å². The quantitative estimate of drug-likeness (QED) is 0.0278. The summed E-state index contributed by atoms with van der Waals surface area (Å²) in [5.41, 5.74) is 0. The zero-order valence-corrected chi connectivity index (χ0v) is 59.0. The van der Waals surface area contributed by atoms with Crippen LogP contribution in [-0.2, 0) is 32.7 Å². The standard InChI is InChI=1S/C75H150NO8P/c1-6-8-10-12-14-16-18-20-22-24-26-28-29-30-31-32-33-34-35-36-37-38-39-40-41-42-43-44-45-46-47-48-50-52-54-56-58-60-62-64-66-68-75(78)84-73(72-83-85(79,80)82-70-69-76(3,4)5)71-81-74(77)67-65-63-61-59-57-55-53-51-49-27-25-23-21-19-17-15-13-11-9-7-2/h73H,6-72H2,1-5H3/p+1. The molecule has 0 aliphatic carbocycles. The van der Waals surface area contributed by atoms with E-state index >= 15 is 0 Å². The van der Waals surface area contributed by atoms with Gasteiger partial charge < -0.3 is 18.9 Å². The molecule has 2 atom stereocenters. The van der Waals surface area contributed by atoms with Crippen LogP contribution in [0.15, 0.2) is 0 Å². The van der Waals surface area contributed by atoms with Gasteiger partial charge in [0.25, 0.3) is 0 Å². The summed E-state index contributed by atoms with van der Waals surface area (Å²) < 4.78 is 34.8. The molecule has 0 aromatic heterocycles. The Balaban J connectivity index is 3.83. The number of rotatable bonds is 73. The van der Waals surface area contributed by atoms with E-state index in [1.807, 2.05) is 21.1 Å². The minimum atomic E-state index is -4.38. The molecule has 0 saturated heterocycles. The number of carbonyl (C=O) groups excluding carboxylic acids is 2. The third-order valence-corrected chi connectivity index (χ3v) is 18.9. The molecule has 0 aromatic rings. The van der Waals surface area contributed by atoms with Crippen molar-refractivity contribution < 1.29 is 42.1 Å². The van der Waals surface area contributed by atoms with E-state index in [-0.39, 0.29) is 25.6 Å². The van der Waals surface area contributed by atoms with Gasteiger partial charge in [0.15, 0.2) is 6.10 Å². The molecule has 0 saturated carbocycles. The molecular formula is C75H151NO8P+. The molecule has 1 N–H and O–H groups in total. The lowest BCUT2D eigenvalue weighted by atomic mass is 10.0. The van der Waals surface area contributed by atoms with Gasteiger partial charge in [0.05, 0.1) is 27.7 Å². The molecule has 9 nitrogen and oxygen atoms in total. The van der Waals surface area contributed by atoms with Crippen LogP contribution < -0.4 is 0 Å². The molecule has 0 rings (SSSR count). The predicted octanol–water partition coefficient (Wildman–Crippen LogP) is 24.9. The summed E-state index contributed by atoms with van der Waals surface area (Å²) in [6, 6.07) is 0. The summed E-state index contributed by atoms with van der Waals surface area (Å²) in [4.78, 5) is 35.9. The smallest absolute Gasteiger partial charge is 0.462 e. The summed E-state index contributed by atoms with van der Waals surface area (Å²) in [7, 11) is 1.51. The van der Waals surface area contributed by atoms with Gasteiger partial charge in [-0.2, -0.15) is 0 Å². The molecule has 0 amide bonds. The second-order valence-electron chi connectivity index (χ2n) is 27.8. The first-order valence-electron chi connectivity index (χ1n) is 38.3. The number of nitrogens with zero attached hydrogens (tertiary/aromatic N) is 1. The zero-order valence-electron chi connectivity index (χ0n) is 58.2. The highest BCUT2D eigenvalue weighted by atomic mass is 31.2. The van der Waals surface area contributed by atoms with E-state index in [1.165, 1.54) is 353 Å². The highest BCUT2D eigenvalue weighted by Gasteiger charge is 2.27. The van der Waals surface area contributed by atoms with E-state index in [1.54, 1.807) is 0 Å². The average molecular weight is 1230 g/mol. The maximum Gasteiger partial charge on any atom is 0.472 e. The van der Waals surface area contributed by atoms with Crippen molar-refractivity contribution in [2.45, 2.75) is 424 Å². The topological polar surface area (TPSA) is 108 Å². The molecule has 0 aromatic carbocycles. The first-order valence-corrected chi connectivity index (χ1v) is 39.8. The molecule has 0 aliphatic rings. The first-order chi connectivity index (χ1) is 41.5. The van der Waals surface area contributed by atoms with Crippen LogP contribution in [0.4, 0.5) is 0 Å². The average Bonchev–Trinajstić information content (AvgIpc) is 3.51. The molecule has 0 heterocycles. The Morgan fingerprint density at radius 3 is 0.753 bits per heavy atom. The lowest BCUT2D eigenvalue weighted by molar-refractivity contribution is -0.870. The summed E-state index contributed by atoms with van der Waals surface area (Å²) in [6.45, 7) is 4.53. The van der Waals surface area contributed by atoms with E-state index in [4.69, 9.17) is 18.5 Å². The largest absolute Gasteiger partial charge is 0.472 e. The molecule has 85 heavy (non-hydrogen) atoms. The number of esters is 2. The normalized spacial score (nSPS) is 13.0. The van der Waals surface area contributed by atoms with Gasteiger partial charge in [-0.05, 0) is 12.8 Å². The number of phosphoric acid groups is 1. The van der Waals surface area contributed by atoms with E-state index in [0.717, 1.165) is 38.5 Å². The van der Waals surface area contributed by atoms with Gasteiger partial charge in [-0.25, -0.2) is 4.57 Å². The summed E-state index contributed by atoms with van der Waals surface area (Å²) in [5, 5.41) is 0. The van der Waals surface area contributed by atoms with Gasteiger partial charge >= 0.3 is 19.8 Å². The highest BCUT2D eigenvalue weighted by molar-refractivity contribution is 7.47. The Bertz CT molecular complexity index is 1390. The van der Waals surface area contributed by atoms with Crippen molar-refractivity contribution in [3.05, 3.63) is 0 Å². The minimum absolute atomic E-state index is 0.0377. The third kappa shape index (κ3) is 72.0. The van der Waals surface area contributed by atoms with Crippen molar-refractivity contribution in [1.29, 1.82) is 0 Å². The Labute approximate surface area is 531 Å². The van der Waals surface area contributed by atoms with Crippen molar-refractivity contribution in [2.24, 2.45) is 0 Å². The van der Waals surface area contributed by atoms with Crippen molar-refractivity contribution in [2.75, 3.05) is 47.5 Å². The number of hydrogen-bond acceptors (Lipinski definition) is 7. The fourth-order valence-electron chi connectivity index (χ4n) is 12.0. The summed E-state index contributed by atoms with van der Waals surface area (Å²) in [6.07, 6.45) is 82.6. The van der Waals surface area contributed by atoms with Crippen LogP contribution in [-0.4, -0.2) is 74.9 Å². The van der Waals surface area contributed by atoms with E-state index in [0.29, 0.717) is 17.4 Å². The predicted molar refractivity (Wildman–Crippen MR) is 368 cm³/mol. The Hall–Kier alpha value is -0.990. The Morgan fingerprint density at radius 1 is 0.318 bits per heavy atom. The number of phosphoric ester groups is 1. The van der Waals surface area contributed by atoms with Crippen molar-refractivity contribution >= 4 is 19.8 Å². The number of carbonyl (C=O) groups is 2. The molecule has 0 fully saturated rings. The first kappa shape index (κ1) is 84.0. The van der Waals surface area contributed by atoms with Crippen LogP contribution >= 0.6 is 7.82 Å². The highest BCUT2D eigenvalue weighted by Crippen LogP contribution is 2.43. The molecule has 508 valence electrons. The fraction of sp³-hybridized carbons (Fsp3) is 0.973. The van der Waals surface area contributed by atoms with Gasteiger partial charge in [0, 0.05) is 12.8 Å². The number of likely N-dealkylation sites (N-methyl/N-ethyl adjacent to an activating group) is 1. The maximum absolute atomic E-state index is 12.9. The SMILES string of the molecule is CCCCCCCCCCCCCCCCCCCCCCCCCCCCCCCCCCCCCCCCCCCC(=O)OC(COC(=O)CCCCCCCCCCCCCCCCCCCCCC)COP(=O)(O)OCC[N+](C)(C)C. The van der Waals surface area contributed by atoms with Crippen LogP contribution in [0.2, 0.25) is 0 Å². The van der Waals surface area contributed by atoms with Crippen LogP contribution in [0.1, 0.15) is 418 Å². The van der Waals surface area contributed by atoms with Crippen LogP contribution in [0.5, 0.6) is 0 Å². The van der Waals surface area contributed by atoms with Crippen LogP contribution in [0.25, 0.3) is 0 Å². The van der Waals surface area contributed by atoms with Gasteiger partial charge in [-0.1, -0.05) is 393 Å². The molecule has 2 unspecified atom stereocenters. The van der Waals surface area contributed by atoms with Crippen molar-refractivity contribution in [3.63, 3.8) is 0 Å². The number of unbranched alkanes of at least 4 members (excludes halogenated alkanes) is 59.